The van der Waals surface area contributed by atoms with Crippen molar-refractivity contribution in [1.29, 1.82) is 0 Å². The lowest BCUT2D eigenvalue weighted by Crippen LogP contribution is -2.44. The molecule has 2 aliphatic heterocycles. The van der Waals surface area contributed by atoms with E-state index in [1.807, 2.05) is 24.3 Å². The third-order valence-electron chi connectivity index (χ3n) is 6.45. The second kappa shape index (κ2) is 7.73. The number of hydrogen-bond donors (Lipinski definition) is 1. The van der Waals surface area contributed by atoms with Crippen molar-refractivity contribution in [3.05, 3.63) is 65.2 Å². The molecule has 176 valence electrons. The number of benzene rings is 2. The van der Waals surface area contributed by atoms with Crippen molar-refractivity contribution >= 4 is 16.1 Å². The highest BCUT2D eigenvalue weighted by molar-refractivity contribution is 8.45. The summed E-state index contributed by atoms with van der Waals surface area (Å²) in [5, 5.41) is 2.51. The third kappa shape index (κ3) is 5.26. The van der Waals surface area contributed by atoms with Gasteiger partial charge < -0.3 is 5.32 Å². The Hall–Kier alpha value is -2.13. The highest BCUT2D eigenvalue weighted by atomic mass is 32.5. The zero-order valence-electron chi connectivity index (χ0n) is 17.6. The topological polar surface area (TPSA) is 32.3 Å². The minimum Gasteiger partial charge on any atom is -0.348 e. The number of amides is 1. The fraction of sp³-hybridized carbons (Fsp3) is 0.435. The van der Waals surface area contributed by atoms with Crippen molar-refractivity contribution in [3.63, 3.8) is 0 Å². The van der Waals surface area contributed by atoms with Crippen LogP contribution in [-0.2, 0) is 6.54 Å². The van der Waals surface area contributed by atoms with Crippen LogP contribution in [0.2, 0.25) is 0 Å². The average Bonchev–Trinajstić information content (AvgIpc) is 2.76. The monoisotopic (exact) mass is 474 g/mol. The maximum atomic E-state index is 13.0. The second-order valence-electron chi connectivity index (χ2n) is 8.76. The normalized spacial score (nSPS) is 24.2. The van der Waals surface area contributed by atoms with Gasteiger partial charge in [-0.05, 0) is 68.0 Å². The van der Waals surface area contributed by atoms with E-state index in [0.717, 1.165) is 30.7 Å². The Bertz CT molecular complexity index is 992. The smallest absolute Gasteiger partial charge is 0.310 e. The van der Waals surface area contributed by atoms with Gasteiger partial charge in [-0.2, -0.15) is 0 Å². The molecule has 2 aliphatic rings. The highest BCUT2D eigenvalue weighted by Crippen LogP contribution is 3.02. The molecule has 2 aromatic carbocycles. The molecule has 2 unspecified atom stereocenters. The molecule has 0 bridgehead atoms. The number of nitrogens with one attached hydrogen (secondary N) is 1. The Labute approximate surface area is 184 Å². The van der Waals surface area contributed by atoms with E-state index in [2.05, 4.69) is 10.2 Å². The quantitative estimate of drug-likeness (QED) is 0.460. The Kier molecular flexibility index (Phi) is 5.56. The summed E-state index contributed by atoms with van der Waals surface area (Å²) in [5.41, 5.74) is 1.57. The van der Waals surface area contributed by atoms with Gasteiger partial charge in [0, 0.05) is 24.2 Å². The molecule has 2 heterocycles. The number of piperidine rings is 2. The van der Waals surface area contributed by atoms with Gasteiger partial charge in [-0.1, -0.05) is 56.2 Å². The molecule has 0 aromatic heterocycles. The first-order valence-corrected chi connectivity index (χ1v) is 12.8. The van der Waals surface area contributed by atoms with Crippen LogP contribution in [0.15, 0.2) is 53.4 Å². The van der Waals surface area contributed by atoms with E-state index in [-0.39, 0.29) is 18.7 Å². The fourth-order valence-corrected chi connectivity index (χ4v) is 5.52. The lowest BCUT2D eigenvalue weighted by molar-refractivity contribution is 0.0518. The molecular weight excluding hydrogens is 447 g/mol. The van der Waals surface area contributed by atoms with E-state index < -0.39 is 26.6 Å². The maximum Gasteiger partial charge on any atom is 0.310 e. The van der Waals surface area contributed by atoms with E-state index in [1.54, 1.807) is 0 Å². The first-order chi connectivity index (χ1) is 14.9. The van der Waals surface area contributed by atoms with Crippen molar-refractivity contribution in [3.8, 4) is 0 Å². The second-order valence-corrected chi connectivity index (χ2v) is 11.2. The summed E-state index contributed by atoms with van der Waals surface area (Å²) in [6.07, 6.45) is 7.35. The molecule has 0 spiro atoms. The average molecular weight is 475 g/mol. The number of carbonyl (C=O) groups excluding carboxylic acids is 1. The standard InChI is InChI=1S/C23H27F5N2OS/c24-32(25,26,27,28)21-8-3-5-19(15-21)23(31)29-16-17-10-12-18(13-11-17)22-9-4-7-20-6-1-2-14-30(20)22/h3,5,8,10-13,15,20,22H,1-2,4,6-7,9,14,16H2,(H,29,31). The Morgan fingerprint density at radius 2 is 1.66 bits per heavy atom. The predicted octanol–water partition coefficient (Wildman–Crippen LogP) is 7.35. The summed E-state index contributed by atoms with van der Waals surface area (Å²) in [6, 6.07) is 11.3. The van der Waals surface area contributed by atoms with Crippen molar-refractivity contribution in [2.75, 3.05) is 6.54 Å². The van der Waals surface area contributed by atoms with Gasteiger partial charge in [-0.3, -0.25) is 9.69 Å². The summed E-state index contributed by atoms with van der Waals surface area (Å²) in [7, 11) is -9.83. The van der Waals surface area contributed by atoms with Crippen LogP contribution >= 0.6 is 10.2 Å². The van der Waals surface area contributed by atoms with Crippen LogP contribution in [0.5, 0.6) is 0 Å². The third-order valence-corrected chi connectivity index (χ3v) is 7.59. The summed E-state index contributed by atoms with van der Waals surface area (Å²) < 4.78 is 65.0. The van der Waals surface area contributed by atoms with Crippen molar-refractivity contribution in [1.82, 2.24) is 10.2 Å². The molecule has 0 aliphatic carbocycles. The van der Waals surface area contributed by atoms with E-state index in [9.17, 15) is 24.2 Å². The van der Waals surface area contributed by atoms with Gasteiger partial charge in [0.1, 0.15) is 4.90 Å². The molecule has 32 heavy (non-hydrogen) atoms. The van der Waals surface area contributed by atoms with Gasteiger partial charge in [0.05, 0.1) is 0 Å². The van der Waals surface area contributed by atoms with E-state index in [0.29, 0.717) is 12.1 Å². The SMILES string of the molecule is O=C(NCc1ccc(C2CCCC3CCCCN32)cc1)c1cccc(S(F)(F)(F)(F)F)c1. The first-order valence-electron chi connectivity index (χ1n) is 10.9. The van der Waals surface area contributed by atoms with Gasteiger partial charge in [-0.25, -0.2) is 0 Å². The molecule has 4 rings (SSSR count). The van der Waals surface area contributed by atoms with Gasteiger partial charge in [-0.15, -0.1) is 0 Å². The molecule has 2 saturated heterocycles. The van der Waals surface area contributed by atoms with Crippen molar-refractivity contribution in [2.45, 2.75) is 62.0 Å². The summed E-state index contributed by atoms with van der Waals surface area (Å²) in [6.45, 7) is 1.21. The number of carbonyl (C=O) groups is 1. The minimum atomic E-state index is -9.83. The van der Waals surface area contributed by atoms with Crippen molar-refractivity contribution in [2.24, 2.45) is 0 Å². The van der Waals surface area contributed by atoms with Gasteiger partial charge in [0.15, 0.2) is 0 Å². The van der Waals surface area contributed by atoms with Crippen LogP contribution in [0.3, 0.4) is 0 Å². The molecule has 1 amide bonds. The Balaban J connectivity index is 1.40. The van der Waals surface area contributed by atoms with Gasteiger partial charge in [0.2, 0.25) is 0 Å². The largest absolute Gasteiger partial charge is 0.348 e. The van der Waals surface area contributed by atoms with Crippen LogP contribution in [-0.4, -0.2) is 23.4 Å². The van der Waals surface area contributed by atoms with Crippen LogP contribution in [0.1, 0.15) is 66.1 Å². The molecule has 2 fully saturated rings. The first kappa shape index (κ1) is 23.0. The van der Waals surface area contributed by atoms with Crippen molar-refractivity contribution < 1.29 is 24.2 Å². The highest BCUT2D eigenvalue weighted by Gasteiger charge is 2.65. The van der Waals surface area contributed by atoms with Crippen LogP contribution in [0, 0.1) is 0 Å². The van der Waals surface area contributed by atoms with Crippen LogP contribution in [0.4, 0.5) is 19.4 Å². The molecule has 2 aromatic rings. The van der Waals surface area contributed by atoms with E-state index in [1.165, 1.54) is 37.7 Å². The minimum absolute atomic E-state index is 0.0940. The van der Waals surface area contributed by atoms with Gasteiger partial charge in [0.25, 0.3) is 5.91 Å². The molecular formula is C23H27F5N2OS. The zero-order valence-corrected chi connectivity index (χ0v) is 18.4. The summed E-state index contributed by atoms with van der Waals surface area (Å²) in [4.78, 5) is 12.8. The molecule has 0 saturated carbocycles. The predicted molar refractivity (Wildman–Crippen MR) is 116 cm³/mol. The van der Waals surface area contributed by atoms with Crippen LogP contribution < -0.4 is 5.32 Å². The zero-order chi connectivity index (χ0) is 23.0. The number of fused-ring (bicyclic) bond motifs is 1. The number of halogens is 5. The summed E-state index contributed by atoms with van der Waals surface area (Å²) in [5.74, 6) is -0.832. The number of nitrogens with zero attached hydrogens (tertiary/aromatic N) is 1. The molecule has 2 atom stereocenters. The fourth-order valence-electron chi connectivity index (χ4n) is 4.83. The number of hydrogen-bond acceptors (Lipinski definition) is 2. The Morgan fingerprint density at radius 1 is 0.938 bits per heavy atom. The van der Waals surface area contributed by atoms with E-state index >= 15 is 0 Å². The number of rotatable bonds is 5. The van der Waals surface area contributed by atoms with Gasteiger partial charge >= 0.3 is 10.2 Å². The molecule has 3 nitrogen and oxygen atoms in total. The maximum absolute atomic E-state index is 13.0. The lowest BCUT2D eigenvalue weighted by Gasteiger charge is -2.45. The van der Waals surface area contributed by atoms with Crippen LogP contribution in [0.25, 0.3) is 0 Å². The molecule has 1 N–H and O–H groups in total. The summed E-state index contributed by atoms with van der Waals surface area (Å²) >= 11 is 0. The molecule has 9 heteroatoms. The lowest BCUT2D eigenvalue weighted by atomic mass is 9.86. The Morgan fingerprint density at radius 3 is 2.38 bits per heavy atom. The van der Waals surface area contributed by atoms with E-state index in [4.69, 9.17) is 0 Å². The molecule has 0 radical (unpaired) electrons.